The molecule has 1 aliphatic heterocycles. The van der Waals surface area contributed by atoms with Crippen LogP contribution >= 0.6 is 0 Å². The summed E-state index contributed by atoms with van der Waals surface area (Å²) in [5, 5.41) is 5.05. The van der Waals surface area contributed by atoms with E-state index in [1.54, 1.807) is 0 Å². The van der Waals surface area contributed by atoms with E-state index < -0.39 is 0 Å². The molecule has 2 heterocycles. The number of hydrogen-bond donors (Lipinski definition) is 0. The molecule has 0 bridgehead atoms. The molecule has 0 amide bonds. The molecule has 2 nitrogen and oxygen atoms in total. The monoisotopic (exact) mass is 610 g/mol. The minimum absolute atomic E-state index is 1.15. The topological polar surface area (TPSA) is 8.17 Å². The van der Waals surface area contributed by atoms with Gasteiger partial charge in [-0.3, -0.25) is 0 Å². The lowest BCUT2D eigenvalue weighted by molar-refractivity contribution is 1.18. The maximum Gasteiger partial charge on any atom is 0.0562 e. The number of para-hydroxylation sites is 1. The van der Waals surface area contributed by atoms with Crippen LogP contribution in [0.15, 0.2) is 182 Å². The SMILES string of the molecule is c1ccc(-c2cccc(N3c4cc5c(cc4-c4cccc6cccc3c46)c3ccccc3n5-c3cccc(-c4ccccc4)c3)c2)cc1. The van der Waals surface area contributed by atoms with Gasteiger partial charge in [-0.05, 0) is 81.7 Å². The van der Waals surface area contributed by atoms with Crippen molar-refractivity contribution in [2.45, 2.75) is 0 Å². The zero-order valence-electron chi connectivity index (χ0n) is 26.2. The number of nitrogens with zero attached hydrogens (tertiary/aromatic N) is 2. The summed E-state index contributed by atoms with van der Waals surface area (Å²) >= 11 is 0. The molecular weight excluding hydrogens is 581 g/mol. The van der Waals surface area contributed by atoms with Gasteiger partial charge in [0.1, 0.15) is 0 Å². The Labute approximate surface area is 279 Å². The Hall–Kier alpha value is -6.38. The van der Waals surface area contributed by atoms with E-state index in [1.807, 2.05) is 0 Å². The average molecular weight is 611 g/mol. The quantitative estimate of drug-likeness (QED) is 0.192. The van der Waals surface area contributed by atoms with Crippen LogP contribution in [-0.2, 0) is 0 Å². The predicted molar refractivity (Wildman–Crippen MR) is 203 cm³/mol. The fraction of sp³-hybridized carbons (Fsp3) is 0. The first-order valence-electron chi connectivity index (χ1n) is 16.5. The highest BCUT2D eigenvalue weighted by Crippen LogP contribution is 2.53. The predicted octanol–water partition coefficient (Wildman–Crippen LogP) is 12.7. The van der Waals surface area contributed by atoms with Crippen LogP contribution in [0.25, 0.3) is 71.6 Å². The Morgan fingerprint density at radius 2 is 0.938 bits per heavy atom. The van der Waals surface area contributed by atoms with Crippen LogP contribution in [0.4, 0.5) is 17.1 Å². The first kappa shape index (κ1) is 26.8. The average Bonchev–Trinajstić information content (AvgIpc) is 3.48. The van der Waals surface area contributed by atoms with Crippen molar-refractivity contribution in [1.29, 1.82) is 0 Å². The van der Waals surface area contributed by atoms with Gasteiger partial charge in [0.05, 0.1) is 22.4 Å². The van der Waals surface area contributed by atoms with Crippen LogP contribution in [0.1, 0.15) is 0 Å². The molecule has 1 aromatic heterocycles. The van der Waals surface area contributed by atoms with Crippen LogP contribution in [0.3, 0.4) is 0 Å². The number of aromatic nitrogens is 1. The van der Waals surface area contributed by atoms with E-state index >= 15 is 0 Å². The molecule has 0 saturated carbocycles. The van der Waals surface area contributed by atoms with Crippen molar-refractivity contribution in [3.63, 3.8) is 0 Å². The summed E-state index contributed by atoms with van der Waals surface area (Å²) in [5.74, 6) is 0. The second-order valence-electron chi connectivity index (χ2n) is 12.6. The molecule has 0 aliphatic carbocycles. The third-order valence-electron chi connectivity index (χ3n) is 9.87. The van der Waals surface area contributed by atoms with Gasteiger partial charge in [0.25, 0.3) is 0 Å². The second kappa shape index (κ2) is 10.6. The lowest BCUT2D eigenvalue weighted by Gasteiger charge is -2.34. The van der Waals surface area contributed by atoms with E-state index in [2.05, 4.69) is 191 Å². The highest BCUT2D eigenvalue weighted by molar-refractivity contribution is 6.19. The number of hydrogen-bond acceptors (Lipinski definition) is 1. The summed E-state index contributed by atoms with van der Waals surface area (Å²) in [6, 6.07) is 66.3. The third kappa shape index (κ3) is 4.06. The Morgan fingerprint density at radius 1 is 0.333 bits per heavy atom. The van der Waals surface area contributed by atoms with Crippen molar-refractivity contribution in [3.8, 4) is 39.1 Å². The van der Waals surface area contributed by atoms with Crippen LogP contribution in [-0.4, -0.2) is 4.57 Å². The van der Waals surface area contributed by atoms with Gasteiger partial charge in [0.15, 0.2) is 0 Å². The fourth-order valence-corrected chi connectivity index (χ4v) is 7.73. The largest absolute Gasteiger partial charge is 0.309 e. The Balaban J connectivity index is 1.28. The molecule has 0 atom stereocenters. The van der Waals surface area contributed by atoms with Crippen molar-refractivity contribution in [2.24, 2.45) is 0 Å². The first-order chi connectivity index (χ1) is 23.8. The highest BCUT2D eigenvalue weighted by Gasteiger charge is 2.28. The molecule has 0 unspecified atom stereocenters. The first-order valence-corrected chi connectivity index (χ1v) is 16.5. The molecule has 48 heavy (non-hydrogen) atoms. The van der Waals surface area contributed by atoms with Gasteiger partial charge in [0.2, 0.25) is 0 Å². The number of fused-ring (bicyclic) bond motifs is 5. The Bertz CT molecular complexity index is 2660. The van der Waals surface area contributed by atoms with E-state index in [1.165, 1.54) is 77.3 Å². The van der Waals surface area contributed by atoms with Gasteiger partial charge in [-0.2, -0.15) is 0 Å². The smallest absolute Gasteiger partial charge is 0.0562 e. The highest BCUT2D eigenvalue weighted by atomic mass is 15.2. The van der Waals surface area contributed by atoms with Crippen molar-refractivity contribution in [2.75, 3.05) is 4.90 Å². The maximum absolute atomic E-state index is 2.47. The zero-order chi connectivity index (χ0) is 31.6. The summed E-state index contributed by atoms with van der Waals surface area (Å²) in [6.45, 7) is 0. The molecule has 9 aromatic rings. The van der Waals surface area contributed by atoms with Crippen molar-refractivity contribution >= 4 is 49.6 Å². The van der Waals surface area contributed by atoms with Gasteiger partial charge in [0, 0.05) is 33.1 Å². The van der Waals surface area contributed by atoms with Crippen molar-refractivity contribution in [3.05, 3.63) is 182 Å². The van der Waals surface area contributed by atoms with Crippen molar-refractivity contribution < 1.29 is 0 Å². The number of rotatable bonds is 4. The number of anilines is 3. The fourth-order valence-electron chi connectivity index (χ4n) is 7.73. The summed E-state index contributed by atoms with van der Waals surface area (Å²) < 4.78 is 2.44. The molecule has 224 valence electrons. The van der Waals surface area contributed by atoms with Gasteiger partial charge >= 0.3 is 0 Å². The molecule has 0 radical (unpaired) electrons. The Morgan fingerprint density at radius 3 is 1.69 bits per heavy atom. The van der Waals surface area contributed by atoms with Gasteiger partial charge < -0.3 is 9.47 Å². The van der Waals surface area contributed by atoms with Crippen LogP contribution in [0.2, 0.25) is 0 Å². The van der Waals surface area contributed by atoms with Gasteiger partial charge in [-0.15, -0.1) is 0 Å². The van der Waals surface area contributed by atoms with Gasteiger partial charge in [-0.1, -0.05) is 133 Å². The summed E-state index contributed by atoms with van der Waals surface area (Å²) in [7, 11) is 0. The lowest BCUT2D eigenvalue weighted by atomic mass is 9.89. The third-order valence-corrected chi connectivity index (χ3v) is 9.87. The molecule has 0 fully saturated rings. The Kier molecular flexibility index (Phi) is 5.91. The molecule has 0 N–H and O–H groups in total. The van der Waals surface area contributed by atoms with Crippen LogP contribution < -0.4 is 4.90 Å². The normalized spacial score (nSPS) is 12.1. The standard InChI is InChI=1S/C46H30N2/c1-3-13-31(14-4-1)34-19-9-21-36(27-34)47-42-25-8-7-23-38(42)40-29-41-39-24-11-17-33-18-12-26-43(46(33)39)48(45(41)30-44(40)47)37-22-10-20-35(28-37)32-15-5-2-6-16-32/h1-30H. The van der Waals surface area contributed by atoms with E-state index in [-0.39, 0.29) is 0 Å². The second-order valence-corrected chi connectivity index (χ2v) is 12.6. The molecular formula is C46H30N2. The molecule has 10 rings (SSSR count). The lowest BCUT2D eigenvalue weighted by Crippen LogP contribution is -2.15. The summed E-state index contributed by atoms with van der Waals surface area (Å²) in [6.07, 6.45) is 0. The van der Waals surface area contributed by atoms with E-state index in [9.17, 15) is 0 Å². The summed E-state index contributed by atoms with van der Waals surface area (Å²) in [5.41, 5.74) is 14.4. The van der Waals surface area contributed by atoms with Crippen LogP contribution in [0, 0.1) is 0 Å². The number of benzene rings is 8. The van der Waals surface area contributed by atoms with Crippen LogP contribution in [0.5, 0.6) is 0 Å². The molecule has 2 heteroatoms. The molecule has 1 aliphatic rings. The molecule has 0 saturated heterocycles. The summed E-state index contributed by atoms with van der Waals surface area (Å²) in [4.78, 5) is 2.47. The molecule has 8 aromatic carbocycles. The minimum atomic E-state index is 1.15. The van der Waals surface area contributed by atoms with E-state index in [4.69, 9.17) is 0 Å². The maximum atomic E-state index is 2.47. The van der Waals surface area contributed by atoms with Crippen molar-refractivity contribution in [1.82, 2.24) is 4.57 Å². The minimum Gasteiger partial charge on any atom is -0.309 e. The van der Waals surface area contributed by atoms with E-state index in [0.717, 1.165) is 11.4 Å². The van der Waals surface area contributed by atoms with Gasteiger partial charge in [-0.25, -0.2) is 0 Å². The van der Waals surface area contributed by atoms with E-state index in [0.29, 0.717) is 0 Å². The zero-order valence-corrected chi connectivity index (χ0v) is 26.2. The molecule has 0 spiro atoms.